The Morgan fingerprint density at radius 1 is 0.567 bits per heavy atom. The van der Waals surface area contributed by atoms with Gasteiger partial charge >= 0.3 is 0 Å². The van der Waals surface area contributed by atoms with E-state index in [0.29, 0.717) is 0 Å². The van der Waals surface area contributed by atoms with Crippen molar-refractivity contribution in [2.24, 2.45) is 0 Å². The highest BCUT2D eigenvalue weighted by atomic mass is 32.1. The lowest BCUT2D eigenvalue weighted by molar-refractivity contribution is 1.54. The van der Waals surface area contributed by atoms with Crippen LogP contribution in [0.4, 0.5) is 0 Å². The summed E-state index contributed by atoms with van der Waals surface area (Å²) in [4.78, 5) is 3.65. The first-order valence-electron chi connectivity index (χ1n) is 10.2. The molecular formula is C28H17NS. The summed E-state index contributed by atoms with van der Waals surface area (Å²) in [6, 6.07) is 35.3. The van der Waals surface area contributed by atoms with Gasteiger partial charge in [0.15, 0.2) is 0 Å². The van der Waals surface area contributed by atoms with Crippen molar-refractivity contribution in [1.82, 2.24) is 4.98 Å². The molecule has 2 aromatic heterocycles. The van der Waals surface area contributed by atoms with Crippen molar-refractivity contribution in [3.8, 4) is 11.1 Å². The summed E-state index contributed by atoms with van der Waals surface area (Å²) in [6.45, 7) is 0. The van der Waals surface area contributed by atoms with Crippen molar-refractivity contribution in [2.45, 2.75) is 0 Å². The number of H-pyrrole nitrogens is 1. The van der Waals surface area contributed by atoms with Crippen LogP contribution < -0.4 is 0 Å². The van der Waals surface area contributed by atoms with Crippen LogP contribution in [-0.2, 0) is 0 Å². The molecule has 140 valence electrons. The summed E-state index contributed by atoms with van der Waals surface area (Å²) in [5.41, 5.74) is 4.92. The maximum Gasteiger partial charge on any atom is 0.0544 e. The van der Waals surface area contributed by atoms with E-state index in [1.54, 1.807) is 0 Å². The molecule has 0 amide bonds. The Kier molecular flexibility index (Phi) is 3.21. The molecular weight excluding hydrogens is 382 g/mol. The van der Waals surface area contributed by atoms with E-state index in [2.05, 4.69) is 102 Å². The lowest BCUT2D eigenvalue weighted by atomic mass is 9.99. The molecule has 0 spiro atoms. The highest BCUT2D eigenvalue weighted by Crippen LogP contribution is 2.41. The average Bonchev–Trinajstić information content (AvgIpc) is 3.37. The van der Waals surface area contributed by atoms with Crippen LogP contribution >= 0.6 is 11.3 Å². The van der Waals surface area contributed by atoms with Gasteiger partial charge < -0.3 is 4.98 Å². The van der Waals surface area contributed by atoms with E-state index in [-0.39, 0.29) is 0 Å². The fourth-order valence-electron chi connectivity index (χ4n) is 4.83. The van der Waals surface area contributed by atoms with Crippen LogP contribution in [0.3, 0.4) is 0 Å². The van der Waals surface area contributed by atoms with Crippen LogP contribution in [0.5, 0.6) is 0 Å². The van der Waals surface area contributed by atoms with Crippen LogP contribution in [-0.4, -0.2) is 4.98 Å². The van der Waals surface area contributed by atoms with E-state index in [1.165, 1.54) is 63.9 Å². The van der Waals surface area contributed by atoms with Crippen LogP contribution in [0.2, 0.25) is 0 Å². The molecule has 0 radical (unpaired) electrons. The van der Waals surface area contributed by atoms with Gasteiger partial charge in [-0.25, -0.2) is 0 Å². The molecule has 0 unspecified atom stereocenters. The third kappa shape index (κ3) is 2.17. The minimum Gasteiger partial charge on any atom is -0.354 e. The van der Waals surface area contributed by atoms with Crippen LogP contribution in [0.25, 0.3) is 63.9 Å². The maximum atomic E-state index is 3.65. The molecule has 0 saturated carbocycles. The number of nitrogens with one attached hydrogen (secondary N) is 1. The fourth-order valence-corrected chi connectivity index (χ4v) is 5.99. The Morgan fingerprint density at radius 3 is 2.37 bits per heavy atom. The molecule has 0 aliphatic heterocycles. The quantitative estimate of drug-likeness (QED) is 0.285. The first-order chi connectivity index (χ1) is 14.9. The van der Waals surface area contributed by atoms with Gasteiger partial charge in [-0.15, -0.1) is 11.3 Å². The smallest absolute Gasteiger partial charge is 0.0544 e. The molecule has 0 aliphatic rings. The standard InChI is InChI=1S/C28H17NS/c1-2-7-19-17(6-1)13-15-25-27(19)23-14-12-18(16-26(23)30-25)20-9-5-10-22-21-8-3-4-11-24(21)29-28(20)22/h1-16,29H. The van der Waals surface area contributed by atoms with Gasteiger partial charge in [0, 0.05) is 42.0 Å². The number of hydrogen-bond acceptors (Lipinski definition) is 1. The number of hydrogen-bond donors (Lipinski definition) is 1. The van der Waals surface area contributed by atoms with Gasteiger partial charge in [0.25, 0.3) is 0 Å². The molecule has 0 fully saturated rings. The largest absolute Gasteiger partial charge is 0.354 e. The first-order valence-corrected chi connectivity index (χ1v) is 11.0. The topological polar surface area (TPSA) is 15.8 Å². The number of aromatic nitrogens is 1. The van der Waals surface area contributed by atoms with Crippen molar-refractivity contribution < 1.29 is 0 Å². The normalized spacial score (nSPS) is 12.0. The molecule has 0 bridgehead atoms. The zero-order chi connectivity index (χ0) is 19.7. The summed E-state index contributed by atoms with van der Waals surface area (Å²) >= 11 is 1.89. The molecule has 1 N–H and O–H groups in total. The summed E-state index contributed by atoms with van der Waals surface area (Å²) < 4.78 is 2.69. The van der Waals surface area contributed by atoms with Gasteiger partial charge in [-0.1, -0.05) is 78.9 Å². The van der Waals surface area contributed by atoms with Crippen LogP contribution in [0.1, 0.15) is 0 Å². The predicted molar refractivity (Wildman–Crippen MR) is 132 cm³/mol. The minimum atomic E-state index is 1.19. The van der Waals surface area contributed by atoms with Crippen molar-refractivity contribution in [3.63, 3.8) is 0 Å². The van der Waals surface area contributed by atoms with Crippen molar-refractivity contribution in [3.05, 3.63) is 97.1 Å². The zero-order valence-electron chi connectivity index (χ0n) is 16.1. The second-order valence-corrected chi connectivity index (χ2v) is 8.96. The number of thiophene rings is 1. The molecule has 1 nitrogen and oxygen atoms in total. The van der Waals surface area contributed by atoms with Crippen molar-refractivity contribution in [2.75, 3.05) is 0 Å². The highest BCUT2D eigenvalue weighted by molar-refractivity contribution is 7.26. The second-order valence-electron chi connectivity index (χ2n) is 7.87. The predicted octanol–water partition coefficient (Wildman–Crippen LogP) is 8.51. The lowest BCUT2D eigenvalue weighted by Crippen LogP contribution is -1.80. The monoisotopic (exact) mass is 399 g/mol. The van der Waals surface area contributed by atoms with Crippen molar-refractivity contribution in [1.29, 1.82) is 0 Å². The molecule has 0 saturated heterocycles. The molecule has 7 aromatic rings. The van der Waals surface area contributed by atoms with Gasteiger partial charge in [0.05, 0.1) is 5.52 Å². The van der Waals surface area contributed by atoms with Gasteiger partial charge in [-0.3, -0.25) is 0 Å². The Bertz CT molecular complexity index is 1750. The van der Waals surface area contributed by atoms with Gasteiger partial charge in [-0.05, 0) is 34.5 Å². The van der Waals surface area contributed by atoms with Crippen LogP contribution in [0, 0.1) is 0 Å². The van der Waals surface area contributed by atoms with E-state index < -0.39 is 0 Å². The molecule has 2 heterocycles. The molecule has 7 rings (SSSR count). The molecule has 5 aromatic carbocycles. The Morgan fingerprint density at radius 2 is 1.40 bits per heavy atom. The molecule has 0 atom stereocenters. The third-order valence-corrected chi connectivity index (χ3v) is 7.33. The van der Waals surface area contributed by atoms with Gasteiger partial charge in [-0.2, -0.15) is 0 Å². The number of benzene rings is 5. The Labute approximate surface area is 177 Å². The van der Waals surface area contributed by atoms with Crippen molar-refractivity contribution >= 4 is 64.1 Å². The summed E-state index contributed by atoms with van der Waals surface area (Å²) in [7, 11) is 0. The molecule has 2 heteroatoms. The van der Waals surface area contributed by atoms with E-state index in [9.17, 15) is 0 Å². The summed E-state index contributed by atoms with van der Waals surface area (Å²) in [5.74, 6) is 0. The SMILES string of the molecule is c1ccc2c(c1)ccc1sc3cc(-c4cccc5c4[nH]c4ccccc45)ccc3c12. The van der Waals surface area contributed by atoms with E-state index in [0.717, 1.165) is 0 Å². The van der Waals surface area contributed by atoms with Gasteiger partial charge in [0.1, 0.15) is 0 Å². The summed E-state index contributed by atoms with van der Waals surface area (Å²) in [5, 5.41) is 7.93. The van der Waals surface area contributed by atoms with Gasteiger partial charge in [0.2, 0.25) is 0 Å². The van der Waals surface area contributed by atoms with Crippen LogP contribution in [0.15, 0.2) is 97.1 Å². The van der Waals surface area contributed by atoms with E-state index in [1.807, 2.05) is 11.3 Å². The van der Waals surface area contributed by atoms with E-state index >= 15 is 0 Å². The Balaban J connectivity index is 1.52. The molecule has 30 heavy (non-hydrogen) atoms. The lowest BCUT2D eigenvalue weighted by Gasteiger charge is -2.05. The fraction of sp³-hybridized carbons (Fsp3) is 0. The summed E-state index contributed by atoms with van der Waals surface area (Å²) in [6.07, 6.45) is 0. The minimum absolute atomic E-state index is 1.19. The maximum absolute atomic E-state index is 3.65. The number of fused-ring (bicyclic) bond motifs is 8. The number of aromatic amines is 1. The average molecular weight is 400 g/mol. The second kappa shape index (κ2) is 5.94. The Hall–Kier alpha value is -3.62. The highest BCUT2D eigenvalue weighted by Gasteiger charge is 2.12. The third-order valence-electron chi connectivity index (χ3n) is 6.21. The first kappa shape index (κ1) is 16.2. The molecule has 0 aliphatic carbocycles. The number of para-hydroxylation sites is 2. The number of rotatable bonds is 1. The zero-order valence-corrected chi connectivity index (χ0v) is 17.0. The van der Waals surface area contributed by atoms with E-state index in [4.69, 9.17) is 0 Å².